The maximum absolute atomic E-state index is 12.9. The molecule has 0 saturated heterocycles. The summed E-state index contributed by atoms with van der Waals surface area (Å²) in [6, 6.07) is 0. The van der Waals surface area contributed by atoms with E-state index in [2.05, 4.69) is 118 Å². The van der Waals surface area contributed by atoms with Crippen molar-refractivity contribution in [3.63, 3.8) is 0 Å². The lowest BCUT2D eigenvalue weighted by Gasteiger charge is -2.18. The molecule has 0 rings (SSSR count). The van der Waals surface area contributed by atoms with Crippen molar-refractivity contribution < 1.29 is 28.6 Å². The Hall–Kier alpha value is -3.67. The molecular weight excluding hydrogens is 925 g/mol. The van der Waals surface area contributed by atoms with Crippen molar-refractivity contribution in [1.29, 1.82) is 0 Å². The summed E-state index contributed by atoms with van der Waals surface area (Å²) in [6.45, 7) is 6.50. The highest BCUT2D eigenvalue weighted by atomic mass is 16.6. The molecule has 0 heterocycles. The van der Waals surface area contributed by atoms with E-state index < -0.39 is 6.10 Å². The van der Waals surface area contributed by atoms with Gasteiger partial charge in [0.05, 0.1) is 0 Å². The van der Waals surface area contributed by atoms with Crippen LogP contribution in [0.4, 0.5) is 0 Å². The predicted molar refractivity (Wildman–Crippen MR) is 325 cm³/mol. The van der Waals surface area contributed by atoms with Gasteiger partial charge in [-0.05, 0) is 103 Å². The summed E-state index contributed by atoms with van der Waals surface area (Å²) in [5.74, 6) is -0.892. The van der Waals surface area contributed by atoms with Gasteiger partial charge in [0.2, 0.25) is 0 Å². The minimum absolute atomic E-state index is 0.0818. The van der Waals surface area contributed by atoms with Crippen LogP contribution >= 0.6 is 0 Å². The zero-order chi connectivity index (χ0) is 54.3. The number of rotatable bonds is 57. The minimum Gasteiger partial charge on any atom is -0.462 e. The first kappa shape index (κ1) is 71.3. The molecular formula is C69H118O6. The molecule has 0 aliphatic carbocycles. The van der Waals surface area contributed by atoms with Gasteiger partial charge in [-0.25, -0.2) is 0 Å². The van der Waals surface area contributed by atoms with Gasteiger partial charge in [0, 0.05) is 19.3 Å². The highest BCUT2D eigenvalue weighted by molar-refractivity contribution is 5.71. The monoisotopic (exact) mass is 1040 g/mol. The topological polar surface area (TPSA) is 78.9 Å². The van der Waals surface area contributed by atoms with E-state index in [1.165, 1.54) is 154 Å². The third-order valence-electron chi connectivity index (χ3n) is 13.6. The van der Waals surface area contributed by atoms with Gasteiger partial charge < -0.3 is 14.2 Å². The third-order valence-corrected chi connectivity index (χ3v) is 13.6. The number of carbonyl (C=O) groups is 3. The lowest BCUT2D eigenvalue weighted by molar-refractivity contribution is -0.167. The van der Waals surface area contributed by atoms with E-state index in [-0.39, 0.29) is 31.1 Å². The fourth-order valence-electron chi connectivity index (χ4n) is 8.83. The van der Waals surface area contributed by atoms with Crippen molar-refractivity contribution in [2.75, 3.05) is 13.2 Å². The molecule has 0 saturated carbocycles. The molecule has 6 heteroatoms. The second-order valence-corrected chi connectivity index (χ2v) is 20.9. The van der Waals surface area contributed by atoms with Gasteiger partial charge in [-0.2, -0.15) is 0 Å². The van der Waals surface area contributed by atoms with Crippen molar-refractivity contribution in [2.45, 2.75) is 309 Å². The highest BCUT2D eigenvalue weighted by Crippen LogP contribution is 2.16. The number of carbonyl (C=O) groups excluding carboxylic acids is 3. The van der Waals surface area contributed by atoms with E-state index in [4.69, 9.17) is 14.2 Å². The molecule has 0 radical (unpaired) electrons. The Balaban J connectivity index is 4.26. The summed E-state index contributed by atoms with van der Waals surface area (Å²) in [4.78, 5) is 38.2. The zero-order valence-electron chi connectivity index (χ0n) is 49.3. The zero-order valence-corrected chi connectivity index (χ0v) is 49.3. The Kier molecular flexibility index (Phi) is 59.8. The Morgan fingerprint density at radius 3 is 0.813 bits per heavy atom. The molecule has 1 atom stereocenters. The average molecular weight is 1040 g/mol. The van der Waals surface area contributed by atoms with Crippen LogP contribution in [0.3, 0.4) is 0 Å². The summed E-state index contributed by atoms with van der Waals surface area (Å²) in [5.41, 5.74) is 0. The summed E-state index contributed by atoms with van der Waals surface area (Å²) in [6.07, 6.45) is 84.2. The average Bonchev–Trinajstić information content (AvgIpc) is 3.41. The van der Waals surface area contributed by atoms with E-state index in [0.29, 0.717) is 19.3 Å². The van der Waals surface area contributed by atoms with Crippen LogP contribution in [-0.2, 0) is 28.6 Å². The molecule has 0 aliphatic rings. The predicted octanol–water partition coefficient (Wildman–Crippen LogP) is 21.7. The third kappa shape index (κ3) is 61.1. The number of allylic oxidation sites excluding steroid dienone is 16. The standard InChI is InChI=1S/C69H118O6/c1-4-7-10-13-16-19-21-23-25-27-29-31-33-34-36-37-39-41-43-45-47-50-53-56-59-62-68(71)74-65-66(64-73-67(70)61-58-55-52-49-18-15-12-9-6-3)75-69(72)63-60-57-54-51-48-46-44-42-40-38-35-32-30-28-26-24-22-20-17-14-11-8-5-2/h8,11,17,20-21,23-24,26-27,29-30,32-34,38,40,66H,4-7,9-10,12-16,18-19,22,25,28,31,35-37,39,41-65H2,1-3H3/b11-8-,20-17-,23-21-,26-24-,29-27-,32-30-,34-33-,40-38-. The Labute approximate surface area is 464 Å². The molecule has 0 spiro atoms. The smallest absolute Gasteiger partial charge is 0.306 e. The number of esters is 3. The van der Waals surface area contributed by atoms with Crippen molar-refractivity contribution in [1.82, 2.24) is 0 Å². The maximum atomic E-state index is 12.9. The van der Waals surface area contributed by atoms with Crippen molar-refractivity contribution >= 4 is 17.9 Å². The molecule has 0 amide bonds. The van der Waals surface area contributed by atoms with E-state index in [1.807, 2.05) is 0 Å². The van der Waals surface area contributed by atoms with Crippen LogP contribution in [0, 0.1) is 0 Å². The lowest BCUT2D eigenvalue weighted by atomic mass is 10.1. The van der Waals surface area contributed by atoms with Crippen LogP contribution in [0.5, 0.6) is 0 Å². The van der Waals surface area contributed by atoms with E-state index in [9.17, 15) is 14.4 Å². The second-order valence-electron chi connectivity index (χ2n) is 20.9. The normalized spacial score (nSPS) is 12.7. The summed E-state index contributed by atoms with van der Waals surface area (Å²) in [7, 11) is 0. The van der Waals surface area contributed by atoms with E-state index in [0.717, 1.165) is 109 Å². The minimum atomic E-state index is -0.785. The molecule has 1 unspecified atom stereocenters. The van der Waals surface area contributed by atoms with Gasteiger partial charge in [-0.15, -0.1) is 0 Å². The Morgan fingerprint density at radius 1 is 0.280 bits per heavy atom. The molecule has 0 aromatic carbocycles. The fraction of sp³-hybridized carbons (Fsp3) is 0.725. The molecule has 0 fully saturated rings. The molecule has 6 nitrogen and oxygen atoms in total. The van der Waals surface area contributed by atoms with Crippen LogP contribution < -0.4 is 0 Å². The van der Waals surface area contributed by atoms with Crippen molar-refractivity contribution in [3.8, 4) is 0 Å². The van der Waals surface area contributed by atoms with Gasteiger partial charge >= 0.3 is 17.9 Å². The molecule has 0 aliphatic heterocycles. The van der Waals surface area contributed by atoms with Crippen molar-refractivity contribution in [2.24, 2.45) is 0 Å². The van der Waals surface area contributed by atoms with Crippen molar-refractivity contribution in [3.05, 3.63) is 97.2 Å². The van der Waals surface area contributed by atoms with Crippen LogP contribution in [-0.4, -0.2) is 37.2 Å². The largest absolute Gasteiger partial charge is 0.462 e. The van der Waals surface area contributed by atoms with E-state index >= 15 is 0 Å². The van der Waals surface area contributed by atoms with Gasteiger partial charge in [-0.1, -0.05) is 279 Å². The first-order valence-electron chi connectivity index (χ1n) is 31.7. The fourth-order valence-corrected chi connectivity index (χ4v) is 8.83. The van der Waals surface area contributed by atoms with Gasteiger partial charge in [-0.3, -0.25) is 14.4 Å². The number of hydrogen-bond donors (Lipinski definition) is 0. The van der Waals surface area contributed by atoms with Crippen LogP contribution in [0.25, 0.3) is 0 Å². The molecule has 0 aromatic rings. The highest BCUT2D eigenvalue weighted by Gasteiger charge is 2.19. The number of hydrogen-bond acceptors (Lipinski definition) is 6. The lowest BCUT2D eigenvalue weighted by Crippen LogP contribution is -2.30. The van der Waals surface area contributed by atoms with Gasteiger partial charge in [0.15, 0.2) is 6.10 Å². The molecule has 0 bridgehead atoms. The number of ether oxygens (including phenoxy) is 3. The molecule has 0 aromatic heterocycles. The van der Waals surface area contributed by atoms with Crippen LogP contribution in [0.2, 0.25) is 0 Å². The Bertz CT molecular complexity index is 1480. The maximum Gasteiger partial charge on any atom is 0.306 e. The first-order valence-corrected chi connectivity index (χ1v) is 31.7. The number of unbranched alkanes of at least 4 members (excludes halogenated alkanes) is 30. The SMILES string of the molecule is CC/C=C\C/C=C\C/C=C\C/C=C\C/C=C\CCCCCCCCCC(=O)OC(COC(=O)CCCCCCCCCCC)COC(=O)CCCCCCCCCCCC/C=C\C/C=C\C/C=C\CCCCCCC. The molecule has 0 N–H and O–H groups in total. The van der Waals surface area contributed by atoms with Gasteiger partial charge in [0.25, 0.3) is 0 Å². The summed E-state index contributed by atoms with van der Waals surface area (Å²) < 4.78 is 16.9. The van der Waals surface area contributed by atoms with Gasteiger partial charge in [0.1, 0.15) is 13.2 Å². The Morgan fingerprint density at radius 2 is 0.520 bits per heavy atom. The summed E-state index contributed by atoms with van der Waals surface area (Å²) in [5, 5.41) is 0. The summed E-state index contributed by atoms with van der Waals surface area (Å²) >= 11 is 0. The first-order chi connectivity index (χ1) is 37.0. The second kappa shape index (κ2) is 62.9. The molecule has 75 heavy (non-hydrogen) atoms. The van der Waals surface area contributed by atoms with Crippen LogP contribution in [0.15, 0.2) is 97.2 Å². The van der Waals surface area contributed by atoms with Crippen LogP contribution in [0.1, 0.15) is 303 Å². The van der Waals surface area contributed by atoms with E-state index in [1.54, 1.807) is 0 Å². The molecule has 430 valence electrons. The quantitative estimate of drug-likeness (QED) is 0.0261.